The van der Waals surface area contributed by atoms with Gasteiger partial charge in [0.2, 0.25) is 6.08 Å². The first-order valence-electron chi connectivity index (χ1n) is 4.55. The Kier molecular flexibility index (Phi) is 4.84. The third kappa shape index (κ3) is 5.09. The first kappa shape index (κ1) is 11.4. The molecule has 70 valence electrons. The van der Waals surface area contributed by atoms with Crippen LogP contribution in [0.15, 0.2) is 4.99 Å². The molecule has 0 fully saturated rings. The summed E-state index contributed by atoms with van der Waals surface area (Å²) in [6, 6.07) is 0. The van der Waals surface area contributed by atoms with Gasteiger partial charge in [-0.1, -0.05) is 34.1 Å². The summed E-state index contributed by atoms with van der Waals surface area (Å²) in [5, 5.41) is 0. The minimum Gasteiger partial charge on any atom is -0.211 e. The average Bonchev–Trinajstić information content (AvgIpc) is 2.00. The Labute approximate surface area is 75.1 Å². The lowest BCUT2D eigenvalue weighted by molar-refractivity contribution is 0.283. The summed E-state index contributed by atoms with van der Waals surface area (Å²) in [7, 11) is 0. The molecule has 0 heterocycles. The fourth-order valence-corrected chi connectivity index (χ4v) is 1.40. The van der Waals surface area contributed by atoms with Crippen molar-refractivity contribution in [1.29, 1.82) is 0 Å². The first-order chi connectivity index (χ1) is 5.52. The number of hydrogen-bond acceptors (Lipinski definition) is 2. The molecule has 1 unspecified atom stereocenters. The van der Waals surface area contributed by atoms with Gasteiger partial charge < -0.3 is 0 Å². The second-order valence-corrected chi connectivity index (χ2v) is 4.29. The van der Waals surface area contributed by atoms with Gasteiger partial charge >= 0.3 is 0 Å². The Morgan fingerprint density at radius 1 is 1.50 bits per heavy atom. The van der Waals surface area contributed by atoms with Gasteiger partial charge in [-0.3, -0.25) is 0 Å². The number of aliphatic imine (C=N–C) groups is 1. The zero-order valence-corrected chi connectivity index (χ0v) is 8.55. The molecule has 0 saturated heterocycles. The minimum absolute atomic E-state index is 0.146. The van der Waals surface area contributed by atoms with Crippen LogP contribution in [0.4, 0.5) is 0 Å². The van der Waals surface area contributed by atoms with E-state index >= 15 is 0 Å². The Morgan fingerprint density at radius 2 is 2.08 bits per heavy atom. The van der Waals surface area contributed by atoms with Gasteiger partial charge in [-0.15, -0.1) is 0 Å². The molecule has 0 amide bonds. The van der Waals surface area contributed by atoms with Gasteiger partial charge in [0.1, 0.15) is 0 Å². The summed E-state index contributed by atoms with van der Waals surface area (Å²) in [4.78, 5) is 13.5. The van der Waals surface area contributed by atoms with Crippen molar-refractivity contribution in [2.24, 2.45) is 16.3 Å². The van der Waals surface area contributed by atoms with Crippen LogP contribution in [-0.2, 0) is 4.79 Å². The summed E-state index contributed by atoms with van der Waals surface area (Å²) in [5.74, 6) is 0.710. The van der Waals surface area contributed by atoms with Crippen molar-refractivity contribution < 1.29 is 4.79 Å². The minimum atomic E-state index is 0.146. The molecular weight excluding hydrogens is 150 g/mol. The van der Waals surface area contributed by atoms with Crippen molar-refractivity contribution in [3.05, 3.63) is 0 Å². The number of carbonyl (C=O) groups excluding carboxylic acids is 1. The maximum absolute atomic E-state index is 9.92. The Balaban J connectivity index is 3.93. The largest absolute Gasteiger partial charge is 0.234 e. The van der Waals surface area contributed by atoms with Crippen LogP contribution < -0.4 is 0 Å². The SMILES string of the molecule is CCC(C)CC(C)(C)CN=C=O. The second kappa shape index (κ2) is 5.10. The van der Waals surface area contributed by atoms with Gasteiger partial charge in [0.05, 0.1) is 6.54 Å². The molecule has 0 aliphatic carbocycles. The summed E-state index contributed by atoms with van der Waals surface area (Å²) in [6.45, 7) is 9.29. The number of hydrogen-bond donors (Lipinski definition) is 0. The number of rotatable bonds is 5. The van der Waals surface area contributed by atoms with Crippen LogP contribution in [0.25, 0.3) is 0 Å². The predicted molar refractivity (Wildman–Crippen MR) is 50.8 cm³/mol. The van der Waals surface area contributed by atoms with Gasteiger partial charge in [-0.05, 0) is 17.8 Å². The number of isocyanates is 1. The van der Waals surface area contributed by atoms with Gasteiger partial charge in [0.25, 0.3) is 0 Å². The average molecular weight is 169 g/mol. The zero-order valence-electron chi connectivity index (χ0n) is 8.55. The molecule has 0 aliphatic rings. The molecule has 12 heavy (non-hydrogen) atoms. The van der Waals surface area contributed by atoms with E-state index in [9.17, 15) is 4.79 Å². The molecule has 0 spiro atoms. The van der Waals surface area contributed by atoms with E-state index in [0.717, 1.165) is 6.42 Å². The van der Waals surface area contributed by atoms with Crippen molar-refractivity contribution >= 4 is 6.08 Å². The van der Waals surface area contributed by atoms with Crippen molar-refractivity contribution in [2.45, 2.75) is 40.5 Å². The van der Waals surface area contributed by atoms with Crippen molar-refractivity contribution in [1.82, 2.24) is 0 Å². The molecule has 0 radical (unpaired) electrons. The Bertz CT molecular complexity index is 169. The highest BCUT2D eigenvalue weighted by Gasteiger charge is 2.19. The molecule has 2 nitrogen and oxygen atoms in total. The Hall–Kier alpha value is -0.620. The molecule has 2 heteroatoms. The van der Waals surface area contributed by atoms with E-state index in [0.29, 0.717) is 12.5 Å². The highest BCUT2D eigenvalue weighted by atomic mass is 16.1. The lowest BCUT2D eigenvalue weighted by Crippen LogP contribution is -2.18. The third-order valence-corrected chi connectivity index (χ3v) is 2.17. The third-order valence-electron chi connectivity index (χ3n) is 2.17. The summed E-state index contributed by atoms with van der Waals surface area (Å²) >= 11 is 0. The van der Waals surface area contributed by atoms with E-state index in [4.69, 9.17) is 0 Å². The number of nitrogens with zero attached hydrogens (tertiary/aromatic N) is 1. The van der Waals surface area contributed by atoms with E-state index in [1.54, 1.807) is 6.08 Å². The maximum Gasteiger partial charge on any atom is 0.234 e. The van der Waals surface area contributed by atoms with E-state index < -0.39 is 0 Å². The van der Waals surface area contributed by atoms with Gasteiger partial charge in [-0.25, -0.2) is 9.79 Å². The smallest absolute Gasteiger partial charge is 0.211 e. The highest BCUT2D eigenvalue weighted by molar-refractivity contribution is 5.32. The van der Waals surface area contributed by atoms with Crippen molar-refractivity contribution in [3.63, 3.8) is 0 Å². The van der Waals surface area contributed by atoms with Crippen LogP contribution in [0.2, 0.25) is 0 Å². The lowest BCUT2D eigenvalue weighted by atomic mass is 9.82. The normalized spacial score (nSPS) is 13.7. The first-order valence-corrected chi connectivity index (χ1v) is 4.55. The van der Waals surface area contributed by atoms with Gasteiger partial charge in [-0.2, -0.15) is 0 Å². The van der Waals surface area contributed by atoms with Crippen molar-refractivity contribution in [2.75, 3.05) is 6.54 Å². The van der Waals surface area contributed by atoms with Crippen LogP contribution in [-0.4, -0.2) is 12.6 Å². The predicted octanol–water partition coefficient (Wildman–Crippen LogP) is 2.78. The molecule has 1 atom stereocenters. The Morgan fingerprint density at radius 3 is 2.50 bits per heavy atom. The van der Waals surface area contributed by atoms with Crippen LogP contribution in [0.1, 0.15) is 40.5 Å². The lowest BCUT2D eigenvalue weighted by Gasteiger charge is -2.24. The van der Waals surface area contributed by atoms with Crippen LogP contribution in [0.3, 0.4) is 0 Å². The molecule has 0 aromatic rings. The highest BCUT2D eigenvalue weighted by Crippen LogP contribution is 2.26. The van der Waals surface area contributed by atoms with Crippen LogP contribution in [0, 0.1) is 11.3 Å². The fourth-order valence-electron chi connectivity index (χ4n) is 1.40. The molecule has 0 rings (SSSR count). The van der Waals surface area contributed by atoms with E-state index in [1.807, 2.05) is 0 Å². The van der Waals surface area contributed by atoms with E-state index in [1.165, 1.54) is 6.42 Å². The molecular formula is C10H19NO. The monoisotopic (exact) mass is 169 g/mol. The molecule has 0 aromatic carbocycles. The fraction of sp³-hybridized carbons (Fsp3) is 0.900. The zero-order chi connectivity index (χ0) is 9.61. The van der Waals surface area contributed by atoms with E-state index in [-0.39, 0.29) is 5.41 Å². The topological polar surface area (TPSA) is 29.4 Å². The summed E-state index contributed by atoms with van der Waals surface area (Å²) < 4.78 is 0. The van der Waals surface area contributed by atoms with Gasteiger partial charge in [0.15, 0.2) is 0 Å². The van der Waals surface area contributed by atoms with Gasteiger partial charge in [0, 0.05) is 0 Å². The quantitative estimate of drug-likeness (QED) is 0.459. The van der Waals surface area contributed by atoms with E-state index in [2.05, 4.69) is 32.7 Å². The summed E-state index contributed by atoms with van der Waals surface area (Å²) in [5.41, 5.74) is 0.146. The van der Waals surface area contributed by atoms with Crippen LogP contribution >= 0.6 is 0 Å². The second-order valence-electron chi connectivity index (χ2n) is 4.29. The van der Waals surface area contributed by atoms with Crippen molar-refractivity contribution in [3.8, 4) is 0 Å². The molecule has 0 saturated carbocycles. The molecule has 0 bridgehead atoms. The standard InChI is InChI=1S/C10H19NO/c1-5-9(2)6-10(3,4)7-11-8-12/h9H,5-7H2,1-4H3. The molecule has 0 aliphatic heterocycles. The van der Waals surface area contributed by atoms with Crippen LogP contribution in [0.5, 0.6) is 0 Å². The molecule has 0 N–H and O–H groups in total. The summed E-state index contributed by atoms with van der Waals surface area (Å²) in [6.07, 6.45) is 3.90. The molecule has 0 aromatic heterocycles. The maximum atomic E-state index is 9.92.